The van der Waals surface area contributed by atoms with Crippen LogP contribution in [0.15, 0.2) is 0 Å². The number of halogens is 1. The molecule has 2 nitrogen and oxygen atoms in total. The highest BCUT2D eigenvalue weighted by atomic mass is 35.5. The third-order valence-electron chi connectivity index (χ3n) is 0.690. The van der Waals surface area contributed by atoms with E-state index in [1.165, 1.54) is 0 Å². The summed E-state index contributed by atoms with van der Waals surface area (Å²) in [6.07, 6.45) is 1.60. The molecule has 1 aliphatic rings. The van der Waals surface area contributed by atoms with Crippen molar-refractivity contribution < 1.29 is 8.42 Å². The standard InChI is InChI=1S/C3H4O2S.ClH/c4-6(5)3-1-2-3;/h1-2H2;1H. The van der Waals surface area contributed by atoms with Gasteiger partial charge in [-0.25, -0.2) is 0 Å². The molecule has 4 heteroatoms. The molecule has 0 aromatic rings. The molecule has 0 N–H and O–H groups in total. The zero-order chi connectivity index (χ0) is 4.57. The van der Waals surface area contributed by atoms with Crippen LogP contribution in [0.25, 0.3) is 0 Å². The Bertz CT molecular complexity index is 165. The lowest BCUT2D eigenvalue weighted by Gasteiger charge is -1.41. The molecule has 1 fully saturated rings. The molecule has 0 bridgehead atoms. The maximum atomic E-state index is 9.72. The zero-order valence-corrected chi connectivity index (χ0v) is 5.18. The molecule has 1 saturated carbocycles. The van der Waals surface area contributed by atoms with Crippen LogP contribution in [-0.4, -0.2) is 13.3 Å². The predicted molar refractivity (Wildman–Crippen MR) is 30.4 cm³/mol. The van der Waals surface area contributed by atoms with Gasteiger partial charge in [-0.3, -0.25) is 0 Å². The van der Waals surface area contributed by atoms with Crippen LogP contribution in [-0.2, 0) is 10.3 Å². The summed E-state index contributed by atoms with van der Waals surface area (Å²) in [7, 11) is -1.84. The normalized spacial score (nSPS) is 15.1. The van der Waals surface area contributed by atoms with Crippen molar-refractivity contribution in [1.29, 1.82) is 0 Å². The Morgan fingerprint density at radius 2 is 1.71 bits per heavy atom. The first kappa shape index (κ1) is 6.98. The maximum Gasteiger partial charge on any atom is 0.213 e. The van der Waals surface area contributed by atoms with Crippen molar-refractivity contribution in [2.45, 2.75) is 12.8 Å². The van der Waals surface area contributed by atoms with Gasteiger partial charge in [-0.05, 0) is 12.8 Å². The first-order valence-corrected chi connectivity index (χ1v) is 2.82. The summed E-state index contributed by atoms with van der Waals surface area (Å²) in [5, 5.41) is 0. The van der Waals surface area contributed by atoms with Crippen LogP contribution < -0.4 is 0 Å². The van der Waals surface area contributed by atoms with E-state index in [0.29, 0.717) is 4.86 Å². The van der Waals surface area contributed by atoms with E-state index in [1.807, 2.05) is 0 Å². The molecule has 0 aromatic carbocycles. The molecule has 0 radical (unpaired) electrons. The average molecular weight is 141 g/mol. The maximum absolute atomic E-state index is 9.72. The van der Waals surface area contributed by atoms with E-state index in [1.54, 1.807) is 0 Å². The second kappa shape index (κ2) is 2.33. The van der Waals surface area contributed by atoms with Crippen LogP contribution in [0.5, 0.6) is 0 Å². The number of hydrogen-bond donors (Lipinski definition) is 0. The van der Waals surface area contributed by atoms with Gasteiger partial charge >= 0.3 is 0 Å². The van der Waals surface area contributed by atoms with Gasteiger partial charge in [0.05, 0.1) is 4.86 Å². The van der Waals surface area contributed by atoms with Gasteiger partial charge in [0.15, 0.2) is 0 Å². The second-order valence-electron chi connectivity index (χ2n) is 1.27. The molecule has 0 saturated heterocycles. The molecular weight excluding hydrogens is 136 g/mol. The van der Waals surface area contributed by atoms with Crippen LogP contribution in [0, 0.1) is 0 Å². The summed E-state index contributed by atoms with van der Waals surface area (Å²) < 4.78 is 19.4. The topological polar surface area (TPSA) is 34.1 Å². The molecule has 0 atom stereocenters. The highest BCUT2D eigenvalue weighted by Gasteiger charge is 2.13. The predicted octanol–water partition coefficient (Wildman–Crippen LogP) is 0.254. The summed E-state index contributed by atoms with van der Waals surface area (Å²) in [6.45, 7) is 0. The van der Waals surface area contributed by atoms with Gasteiger partial charge in [0.25, 0.3) is 0 Å². The van der Waals surface area contributed by atoms with E-state index in [9.17, 15) is 8.42 Å². The Labute approximate surface area is 49.5 Å². The monoisotopic (exact) mass is 140 g/mol. The summed E-state index contributed by atoms with van der Waals surface area (Å²) in [5.74, 6) is 0. The minimum atomic E-state index is -1.84. The van der Waals surface area contributed by atoms with E-state index < -0.39 is 10.3 Å². The molecule has 0 aromatic heterocycles. The van der Waals surface area contributed by atoms with Crippen LogP contribution in [0.1, 0.15) is 12.8 Å². The van der Waals surface area contributed by atoms with Gasteiger partial charge in [-0.15, -0.1) is 12.4 Å². The Kier molecular flexibility index (Phi) is 2.32. The SMILES string of the molecule is Cl.O=S(=O)=C1CC1. The fourth-order valence-corrected chi connectivity index (χ4v) is 0.653. The summed E-state index contributed by atoms with van der Waals surface area (Å²) in [6, 6.07) is 0. The van der Waals surface area contributed by atoms with Crippen molar-refractivity contribution in [3.63, 3.8) is 0 Å². The van der Waals surface area contributed by atoms with Crippen LogP contribution >= 0.6 is 12.4 Å². The fourth-order valence-electron chi connectivity index (χ4n) is 0.218. The van der Waals surface area contributed by atoms with E-state index in [-0.39, 0.29) is 12.4 Å². The molecule has 1 rings (SSSR count). The summed E-state index contributed by atoms with van der Waals surface area (Å²) in [5.41, 5.74) is 0. The van der Waals surface area contributed by atoms with Gasteiger partial charge in [0.2, 0.25) is 10.3 Å². The quantitative estimate of drug-likeness (QED) is 0.452. The Balaban J connectivity index is 0.000000360. The van der Waals surface area contributed by atoms with Crippen molar-refractivity contribution in [1.82, 2.24) is 0 Å². The van der Waals surface area contributed by atoms with Crippen molar-refractivity contribution in [2.24, 2.45) is 0 Å². The molecule has 7 heavy (non-hydrogen) atoms. The zero-order valence-electron chi connectivity index (χ0n) is 3.55. The molecule has 0 unspecified atom stereocenters. The first-order chi connectivity index (χ1) is 2.80. The Hall–Kier alpha value is -0.0200. The molecule has 0 aliphatic heterocycles. The van der Waals surface area contributed by atoms with Crippen molar-refractivity contribution >= 4 is 27.6 Å². The second-order valence-corrected chi connectivity index (χ2v) is 2.32. The van der Waals surface area contributed by atoms with Gasteiger partial charge in [0.1, 0.15) is 0 Å². The van der Waals surface area contributed by atoms with E-state index in [0.717, 1.165) is 12.8 Å². The largest absolute Gasteiger partial charge is 0.213 e. The lowest BCUT2D eigenvalue weighted by atomic mass is 11.0. The van der Waals surface area contributed by atoms with E-state index in [4.69, 9.17) is 0 Å². The summed E-state index contributed by atoms with van der Waals surface area (Å²) >= 11 is 0. The lowest BCUT2D eigenvalue weighted by molar-refractivity contribution is 0.627. The lowest BCUT2D eigenvalue weighted by Crippen LogP contribution is -1.61. The van der Waals surface area contributed by atoms with E-state index in [2.05, 4.69) is 0 Å². The smallest absolute Gasteiger partial charge is 0.185 e. The molecule has 42 valence electrons. The first-order valence-electron chi connectivity index (χ1n) is 1.74. The van der Waals surface area contributed by atoms with E-state index >= 15 is 0 Å². The molecular formula is C3H5ClO2S. The molecule has 1 aliphatic carbocycles. The number of hydrogen-bond acceptors (Lipinski definition) is 2. The van der Waals surface area contributed by atoms with Gasteiger partial charge in [-0.2, -0.15) is 8.42 Å². The highest BCUT2D eigenvalue weighted by molar-refractivity contribution is 7.73. The minimum absolute atomic E-state index is 0. The van der Waals surface area contributed by atoms with Crippen molar-refractivity contribution in [3.8, 4) is 0 Å². The highest BCUT2D eigenvalue weighted by Crippen LogP contribution is 2.10. The van der Waals surface area contributed by atoms with Gasteiger partial charge in [0, 0.05) is 0 Å². The fraction of sp³-hybridized carbons (Fsp3) is 0.667. The molecule has 0 heterocycles. The van der Waals surface area contributed by atoms with Crippen LogP contribution in [0.3, 0.4) is 0 Å². The van der Waals surface area contributed by atoms with Crippen LogP contribution in [0.2, 0.25) is 0 Å². The van der Waals surface area contributed by atoms with Crippen molar-refractivity contribution in [3.05, 3.63) is 0 Å². The Morgan fingerprint density at radius 1 is 1.29 bits per heavy atom. The van der Waals surface area contributed by atoms with Crippen molar-refractivity contribution in [2.75, 3.05) is 0 Å². The number of rotatable bonds is 0. The van der Waals surface area contributed by atoms with Gasteiger partial charge < -0.3 is 0 Å². The van der Waals surface area contributed by atoms with Gasteiger partial charge in [-0.1, -0.05) is 0 Å². The van der Waals surface area contributed by atoms with Crippen LogP contribution in [0.4, 0.5) is 0 Å². The summed E-state index contributed by atoms with van der Waals surface area (Å²) in [4.78, 5) is 0.676. The molecule has 0 spiro atoms. The minimum Gasteiger partial charge on any atom is -0.185 e. The third-order valence-corrected chi connectivity index (χ3v) is 1.57. The Morgan fingerprint density at radius 3 is 1.71 bits per heavy atom. The third kappa shape index (κ3) is 1.94. The molecule has 0 amide bonds. The average Bonchev–Trinajstić information content (AvgIpc) is 2.06.